The van der Waals surface area contributed by atoms with Gasteiger partial charge in [0.25, 0.3) is 0 Å². The quantitative estimate of drug-likeness (QED) is 0.186. The maximum atomic E-state index is 5.15. The number of hydrogen-bond donors (Lipinski definition) is 0. The van der Waals surface area contributed by atoms with Crippen molar-refractivity contribution in [1.29, 1.82) is 0 Å². The molecule has 0 fully saturated rings. The van der Waals surface area contributed by atoms with E-state index in [1.807, 2.05) is 18.2 Å². The zero-order chi connectivity index (χ0) is 31.6. The number of fused-ring (bicyclic) bond motifs is 6. The number of nitrogens with zero attached hydrogens (tertiary/aromatic N) is 2. The van der Waals surface area contributed by atoms with Gasteiger partial charge in [0.05, 0.1) is 22.4 Å². The molecule has 0 spiro atoms. The van der Waals surface area contributed by atoms with Crippen LogP contribution in [0.15, 0.2) is 170 Å². The van der Waals surface area contributed by atoms with Crippen LogP contribution in [0.3, 0.4) is 0 Å². The van der Waals surface area contributed by atoms with Crippen molar-refractivity contribution in [2.45, 2.75) is 0 Å². The molecule has 2 nitrogen and oxygen atoms in total. The van der Waals surface area contributed by atoms with Crippen LogP contribution >= 0.6 is 0 Å². The minimum atomic E-state index is 0.925. The second kappa shape index (κ2) is 10.6. The topological polar surface area (TPSA) is 25.8 Å². The smallest absolute Gasteiger partial charge is 0.0972 e. The molecular formula is C46H28N2. The Morgan fingerprint density at radius 2 is 0.729 bits per heavy atom. The molecular weight excluding hydrogens is 581 g/mol. The van der Waals surface area contributed by atoms with Crippen molar-refractivity contribution < 1.29 is 0 Å². The summed E-state index contributed by atoms with van der Waals surface area (Å²) in [6.07, 6.45) is 0. The van der Waals surface area contributed by atoms with E-state index >= 15 is 0 Å². The van der Waals surface area contributed by atoms with Crippen molar-refractivity contribution in [3.05, 3.63) is 170 Å². The van der Waals surface area contributed by atoms with Gasteiger partial charge in [-0.1, -0.05) is 158 Å². The largest absolute Gasteiger partial charge is 0.245 e. The lowest BCUT2D eigenvalue weighted by atomic mass is 9.93. The predicted molar refractivity (Wildman–Crippen MR) is 201 cm³/mol. The third-order valence-electron chi connectivity index (χ3n) is 9.85. The van der Waals surface area contributed by atoms with E-state index in [-0.39, 0.29) is 0 Å². The summed E-state index contributed by atoms with van der Waals surface area (Å²) in [6.45, 7) is 0. The normalized spacial score (nSPS) is 11.8. The number of hydrogen-bond acceptors (Lipinski definition) is 2. The lowest BCUT2D eigenvalue weighted by Gasteiger charge is -2.11. The van der Waals surface area contributed by atoms with Crippen LogP contribution in [-0.4, -0.2) is 9.97 Å². The Balaban J connectivity index is 0.972. The van der Waals surface area contributed by atoms with Crippen molar-refractivity contribution in [2.24, 2.45) is 0 Å². The highest BCUT2D eigenvalue weighted by Crippen LogP contribution is 2.49. The highest BCUT2D eigenvalue weighted by atomic mass is 14.8. The third kappa shape index (κ3) is 4.20. The SMILES string of the molecule is c1ccc(-c2ccc3ccc4ccc(-c5ccc(-c6ccc(-c7ccc8c9c(cccc79)-c7ccccc7-8)cc6)cc5)nc4c3n2)cc1. The van der Waals surface area contributed by atoms with E-state index in [1.165, 1.54) is 55.3 Å². The average molecular weight is 609 g/mol. The summed E-state index contributed by atoms with van der Waals surface area (Å²) in [6, 6.07) is 60.8. The summed E-state index contributed by atoms with van der Waals surface area (Å²) in [7, 11) is 0. The van der Waals surface area contributed by atoms with Crippen LogP contribution in [0.5, 0.6) is 0 Å². The van der Waals surface area contributed by atoms with E-state index in [1.54, 1.807) is 0 Å². The molecule has 2 heterocycles. The van der Waals surface area contributed by atoms with Gasteiger partial charge in [-0.25, -0.2) is 9.97 Å². The summed E-state index contributed by atoms with van der Waals surface area (Å²) < 4.78 is 0. The molecule has 0 aliphatic heterocycles. The van der Waals surface area contributed by atoms with E-state index in [4.69, 9.17) is 9.97 Å². The minimum Gasteiger partial charge on any atom is -0.245 e. The molecule has 10 rings (SSSR count). The van der Waals surface area contributed by atoms with Crippen molar-refractivity contribution in [1.82, 2.24) is 9.97 Å². The van der Waals surface area contributed by atoms with Gasteiger partial charge in [-0.15, -0.1) is 0 Å². The van der Waals surface area contributed by atoms with Gasteiger partial charge in [0, 0.05) is 21.9 Å². The minimum absolute atomic E-state index is 0.925. The molecule has 1 aliphatic rings. The van der Waals surface area contributed by atoms with E-state index in [9.17, 15) is 0 Å². The van der Waals surface area contributed by atoms with Crippen molar-refractivity contribution in [3.8, 4) is 67.0 Å². The zero-order valence-corrected chi connectivity index (χ0v) is 26.1. The zero-order valence-electron chi connectivity index (χ0n) is 26.1. The van der Waals surface area contributed by atoms with Gasteiger partial charge in [0.2, 0.25) is 0 Å². The molecule has 222 valence electrons. The third-order valence-corrected chi connectivity index (χ3v) is 9.85. The van der Waals surface area contributed by atoms with Gasteiger partial charge in [-0.3, -0.25) is 0 Å². The first-order chi connectivity index (χ1) is 23.8. The first-order valence-corrected chi connectivity index (χ1v) is 16.4. The van der Waals surface area contributed by atoms with Gasteiger partial charge in [0.1, 0.15) is 0 Å². The standard InChI is InChI=1S/C46H28N2/c1-2-7-32(8-3-1)42-27-23-34-21-22-35-24-28-43(48-46(35)45(34)47-42)33-19-15-30(16-20-33)29-13-17-31(18-14-29)36-25-26-41-38-10-5-4-9-37(38)40-12-6-11-39(36)44(40)41/h1-28H. The van der Waals surface area contributed by atoms with Crippen molar-refractivity contribution in [2.75, 3.05) is 0 Å². The molecule has 9 aromatic rings. The summed E-state index contributed by atoms with van der Waals surface area (Å²) in [4.78, 5) is 10.2. The van der Waals surface area contributed by atoms with Crippen LogP contribution in [-0.2, 0) is 0 Å². The molecule has 0 saturated heterocycles. The van der Waals surface area contributed by atoms with Crippen LogP contribution < -0.4 is 0 Å². The van der Waals surface area contributed by atoms with E-state index in [2.05, 4.69) is 152 Å². The molecule has 0 unspecified atom stereocenters. The van der Waals surface area contributed by atoms with Gasteiger partial charge in [0.15, 0.2) is 0 Å². The number of pyridine rings is 2. The molecule has 2 aromatic heterocycles. The molecule has 7 aromatic carbocycles. The molecule has 0 saturated carbocycles. The Morgan fingerprint density at radius 1 is 0.271 bits per heavy atom. The molecule has 0 atom stereocenters. The maximum Gasteiger partial charge on any atom is 0.0972 e. The van der Waals surface area contributed by atoms with Gasteiger partial charge in [-0.05, 0) is 67.4 Å². The first-order valence-electron chi connectivity index (χ1n) is 16.4. The number of benzene rings is 7. The maximum absolute atomic E-state index is 5.15. The number of aromatic nitrogens is 2. The Hall–Kier alpha value is -6.38. The van der Waals surface area contributed by atoms with E-state index in [0.29, 0.717) is 0 Å². The summed E-state index contributed by atoms with van der Waals surface area (Å²) in [5.74, 6) is 0. The fraction of sp³-hybridized carbons (Fsp3) is 0. The summed E-state index contributed by atoms with van der Waals surface area (Å²) in [5.41, 5.74) is 16.1. The highest BCUT2D eigenvalue weighted by molar-refractivity contribution is 6.18. The monoisotopic (exact) mass is 608 g/mol. The molecule has 48 heavy (non-hydrogen) atoms. The second-order valence-corrected chi connectivity index (χ2v) is 12.6. The average Bonchev–Trinajstić information content (AvgIpc) is 3.50. The van der Waals surface area contributed by atoms with Crippen molar-refractivity contribution in [3.63, 3.8) is 0 Å². The molecule has 1 aliphatic carbocycles. The fourth-order valence-corrected chi connectivity index (χ4v) is 7.43. The van der Waals surface area contributed by atoms with Gasteiger partial charge < -0.3 is 0 Å². The summed E-state index contributed by atoms with van der Waals surface area (Å²) in [5, 5.41) is 4.84. The lowest BCUT2D eigenvalue weighted by molar-refractivity contribution is 1.36. The number of rotatable bonds is 4. The van der Waals surface area contributed by atoms with E-state index < -0.39 is 0 Å². The van der Waals surface area contributed by atoms with Gasteiger partial charge >= 0.3 is 0 Å². The van der Waals surface area contributed by atoms with Crippen LogP contribution in [0.4, 0.5) is 0 Å². The Labute approximate surface area is 278 Å². The summed E-state index contributed by atoms with van der Waals surface area (Å²) >= 11 is 0. The Bertz CT molecular complexity index is 2660. The molecule has 0 amide bonds. The Kier molecular flexibility index (Phi) is 5.91. The van der Waals surface area contributed by atoms with E-state index in [0.717, 1.165) is 44.3 Å². The van der Waals surface area contributed by atoms with Crippen LogP contribution in [0.2, 0.25) is 0 Å². The van der Waals surface area contributed by atoms with Crippen LogP contribution in [0.25, 0.3) is 99.6 Å². The Morgan fingerprint density at radius 3 is 1.35 bits per heavy atom. The highest BCUT2D eigenvalue weighted by Gasteiger charge is 2.22. The molecule has 2 heteroatoms. The second-order valence-electron chi connectivity index (χ2n) is 12.6. The molecule has 0 bridgehead atoms. The molecule has 0 N–H and O–H groups in total. The predicted octanol–water partition coefficient (Wildman–Crippen LogP) is 12.3. The van der Waals surface area contributed by atoms with Crippen LogP contribution in [0, 0.1) is 0 Å². The fourth-order valence-electron chi connectivity index (χ4n) is 7.43. The first kappa shape index (κ1) is 26.8. The van der Waals surface area contributed by atoms with Crippen LogP contribution in [0.1, 0.15) is 0 Å². The lowest BCUT2D eigenvalue weighted by Crippen LogP contribution is -1.91. The van der Waals surface area contributed by atoms with Crippen molar-refractivity contribution >= 4 is 32.6 Å². The van der Waals surface area contributed by atoms with Gasteiger partial charge in [-0.2, -0.15) is 0 Å². The molecule has 0 radical (unpaired) electrons.